The van der Waals surface area contributed by atoms with Gasteiger partial charge in [-0.1, -0.05) is 0 Å². The molecule has 0 spiro atoms. The van der Waals surface area contributed by atoms with Crippen molar-refractivity contribution in [1.29, 1.82) is 0 Å². The normalized spacial score (nSPS) is 13.7. The first kappa shape index (κ1) is 19.6. The van der Waals surface area contributed by atoms with Crippen LogP contribution in [0.1, 0.15) is 21.6 Å². The number of nitrogens with one attached hydrogen (secondary N) is 2. The van der Waals surface area contributed by atoms with Gasteiger partial charge in [0.2, 0.25) is 0 Å². The van der Waals surface area contributed by atoms with E-state index >= 15 is 0 Å². The maximum Gasteiger partial charge on any atom is 0.256 e. The maximum atomic E-state index is 14.5. The summed E-state index contributed by atoms with van der Waals surface area (Å²) in [5, 5.41) is 0.756. The van der Waals surface area contributed by atoms with Crippen molar-refractivity contribution in [2.45, 2.75) is 13.0 Å². The van der Waals surface area contributed by atoms with Crippen LogP contribution < -0.4 is 5.43 Å². The molecule has 33 heavy (non-hydrogen) atoms. The molecule has 6 rings (SSSR count). The van der Waals surface area contributed by atoms with Gasteiger partial charge in [-0.25, -0.2) is 13.2 Å². The molecule has 5 aromatic rings. The lowest BCUT2D eigenvalue weighted by molar-refractivity contribution is 0.0736. The van der Waals surface area contributed by atoms with Crippen LogP contribution in [0.25, 0.3) is 32.7 Å². The van der Waals surface area contributed by atoms with Gasteiger partial charge < -0.3 is 14.9 Å². The van der Waals surface area contributed by atoms with Crippen LogP contribution in [0.5, 0.6) is 0 Å². The highest BCUT2D eigenvalue weighted by atomic mass is 19.1. The topological polar surface area (TPSA) is 69.0 Å². The first-order valence-electron chi connectivity index (χ1n) is 10.4. The molecule has 2 N–H and O–H groups in total. The Morgan fingerprint density at radius 2 is 1.48 bits per heavy atom. The fraction of sp³-hybridized carbons (Fsp3) is 0.120. The fourth-order valence-corrected chi connectivity index (χ4v) is 4.71. The average molecular weight is 447 g/mol. The van der Waals surface area contributed by atoms with Crippen LogP contribution in [-0.4, -0.2) is 27.3 Å². The summed E-state index contributed by atoms with van der Waals surface area (Å²) in [4.78, 5) is 34.3. The third-order valence-electron chi connectivity index (χ3n) is 6.29. The standard InChI is InChI=1S/C25H16F3N3O2/c26-12-1-3-20-15(7-12)19-11-31(6-5-22(19)29-20)25(33)18-10-14(28)9-17-23(18)30-21-4-2-13(27)8-16(21)24(17)32/h1-4,7-10,29H,5-6,11H2,(H,30,32). The molecule has 8 heteroatoms. The highest BCUT2D eigenvalue weighted by molar-refractivity contribution is 6.08. The van der Waals surface area contributed by atoms with Crippen molar-refractivity contribution >= 4 is 38.6 Å². The molecule has 3 heterocycles. The Kier molecular flexibility index (Phi) is 4.14. The number of carbonyl (C=O) groups is 1. The molecule has 164 valence electrons. The van der Waals surface area contributed by atoms with Gasteiger partial charge in [-0.15, -0.1) is 0 Å². The van der Waals surface area contributed by atoms with Gasteiger partial charge in [0.05, 0.1) is 11.1 Å². The van der Waals surface area contributed by atoms with Crippen LogP contribution >= 0.6 is 0 Å². The number of aromatic amines is 2. The predicted molar refractivity (Wildman–Crippen MR) is 119 cm³/mol. The van der Waals surface area contributed by atoms with E-state index in [9.17, 15) is 22.8 Å². The Labute approximate surface area is 184 Å². The minimum absolute atomic E-state index is 0.0165. The fourth-order valence-electron chi connectivity index (χ4n) is 4.71. The van der Waals surface area contributed by atoms with Crippen LogP contribution in [0, 0.1) is 17.5 Å². The summed E-state index contributed by atoms with van der Waals surface area (Å²) in [6.45, 7) is 0.598. The lowest BCUT2D eigenvalue weighted by Gasteiger charge is -2.27. The molecule has 0 unspecified atom stereocenters. The van der Waals surface area contributed by atoms with E-state index in [1.54, 1.807) is 11.0 Å². The van der Waals surface area contributed by atoms with E-state index < -0.39 is 23.0 Å². The summed E-state index contributed by atoms with van der Waals surface area (Å²) in [5.41, 5.74) is 2.55. The van der Waals surface area contributed by atoms with Crippen LogP contribution in [0.15, 0.2) is 53.3 Å². The SMILES string of the molecule is O=C(c1cc(F)cc2c(=O)c3cc(F)ccc3[nH]c12)N1CCc2[nH]c3ccc(F)cc3c2C1. The summed E-state index contributed by atoms with van der Waals surface area (Å²) in [7, 11) is 0. The largest absolute Gasteiger partial charge is 0.358 e. The van der Waals surface area contributed by atoms with E-state index in [1.165, 1.54) is 24.3 Å². The van der Waals surface area contributed by atoms with E-state index in [-0.39, 0.29) is 34.2 Å². The second-order valence-electron chi connectivity index (χ2n) is 8.27. The van der Waals surface area contributed by atoms with Gasteiger partial charge in [0.1, 0.15) is 17.5 Å². The Morgan fingerprint density at radius 3 is 2.24 bits per heavy atom. The molecule has 0 atom stereocenters. The molecule has 3 aromatic carbocycles. The van der Waals surface area contributed by atoms with Crippen molar-refractivity contribution in [3.05, 3.63) is 93.0 Å². The molecule has 0 aliphatic carbocycles. The zero-order chi connectivity index (χ0) is 22.9. The van der Waals surface area contributed by atoms with Gasteiger partial charge in [-0.05, 0) is 48.5 Å². The third-order valence-corrected chi connectivity index (χ3v) is 6.29. The highest BCUT2D eigenvalue weighted by Gasteiger charge is 2.27. The van der Waals surface area contributed by atoms with Gasteiger partial charge in [0.25, 0.3) is 5.91 Å². The molecule has 1 aliphatic rings. The second-order valence-corrected chi connectivity index (χ2v) is 8.27. The number of halogens is 3. The van der Waals surface area contributed by atoms with E-state index in [4.69, 9.17) is 0 Å². The number of amides is 1. The highest BCUT2D eigenvalue weighted by Crippen LogP contribution is 2.30. The Bertz CT molecular complexity index is 1690. The van der Waals surface area contributed by atoms with Crippen LogP contribution in [0.2, 0.25) is 0 Å². The monoisotopic (exact) mass is 447 g/mol. The third kappa shape index (κ3) is 3.01. The van der Waals surface area contributed by atoms with Crippen LogP contribution in [0.3, 0.4) is 0 Å². The van der Waals surface area contributed by atoms with Crippen molar-refractivity contribution in [3.8, 4) is 0 Å². The molecule has 2 aromatic heterocycles. The summed E-state index contributed by atoms with van der Waals surface area (Å²) in [6.07, 6.45) is 0.531. The van der Waals surface area contributed by atoms with Crippen molar-refractivity contribution in [1.82, 2.24) is 14.9 Å². The molecule has 1 aliphatic heterocycles. The van der Waals surface area contributed by atoms with Crippen molar-refractivity contribution in [2.24, 2.45) is 0 Å². The molecule has 0 fully saturated rings. The Morgan fingerprint density at radius 1 is 0.818 bits per heavy atom. The Hall–Kier alpha value is -4.07. The smallest absolute Gasteiger partial charge is 0.256 e. The average Bonchev–Trinajstić information content (AvgIpc) is 3.16. The van der Waals surface area contributed by atoms with Gasteiger partial charge >= 0.3 is 0 Å². The molecule has 1 amide bonds. The first-order chi connectivity index (χ1) is 15.9. The number of fused-ring (bicyclic) bond motifs is 5. The number of carbonyl (C=O) groups excluding carboxylic acids is 1. The van der Waals surface area contributed by atoms with Crippen LogP contribution in [-0.2, 0) is 13.0 Å². The molecular formula is C25H16F3N3O2. The number of aromatic nitrogens is 2. The second kappa shape index (κ2) is 6.96. The quantitative estimate of drug-likeness (QED) is 0.363. The lowest BCUT2D eigenvalue weighted by Crippen LogP contribution is -2.36. The Balaban J connectivity index is 1.48. The van der Waals surface area contributed by atoms with Crippen molar-refractivity contribution < 1.29 is 18.0 Å². The summed E-state index contributed by atoms with van der Waals surface area (Å²) < 4.78 is 42.0. The number of nitrogens with zero attached hydrogens (tertiary/aromatic N) is 1. The van der Waals surface area contributed by atoms with Crippen molar-refractivity contribution in [3.63, 3.8) is 0 Å². The number of benzene rings is 3. The molecule has 0 saturated heterocycles. The number of hydrogen-bond donors (Lipinski definition) is 2. The minimum atomic E-state index is -0.737. The van der Waals surface area contributed by atoms with Gasteiger partial charge in [-0.2, -0.15) is 0 Å². The minimum Gasteiger partial charge on any atom is -0.358 e. The zero-order valence-corrected chi connectivity index (χ0v) is 17.1. The van der Waals surface area contributed by atoms with Gasteiger partial charge in [-0.3, -0.25) is 9.59 Å². The molecule has 5 nitrogen and oxygen atoms in total. The zero-order valence-electron chi connectivity index (χ0n) is 17.1. The van der Waals surface area contributed by atoms with E-state index in [0.717, 1.165) is 35.0 Å². The summed E-state index contributed by atoms with van der Waals surface area (Å²) in [5.74, 6) is -2.14. The summed E-state index contributed by atoms with van der Waals surface area (Å²) >= 11 is 0. The first-order valence-corrected chi connectivity index (χ1v) is 10.4. The van der Waals surface area contributed by atoms with Crippen LogP contribution in [0.4, 0.5) is 13.2 Å². The van der Waals surface area contributed by atoms with E-state index in [2.05, 4.69) is 9.97 Å². The van der Waals surface area contributed by atoms with E-state index in [0.29, 0.717) is 23.9 Å². The van der Waals surface area contributed by atoms with Crippen molar-refractivity contribution in [2.75, 3.05) is 6.54 Å². The number of rotatable bonds is 1. The molecular weight excluding hydrogens is 431 g/mol. The number of H-pyrrole nitrogens is 2. The lowest BCUT2D eigenvalue weighted by atomic mass is 10.0. The molecule has 0 bridgehead atoms. The predicted octanol–water partition coefficient (Wildman–Crippen LogP) is 4.78. The molecule has 0 saturated carbocycles. The van der Waals surface area contributed by atoms with E-state index in [1.807, 2.05) is 0 Å². The van der Waals surface area contributed by atoms with Gasteiger partial charge in [0.15, 0.2) is 5.43 Å². The maximum absolute atomic E-state index is 14.5. The number of pyridine rings is 1. The number of hydrogen-bond acceptors (Lipinski definition) is 2. The van der Waals surface area contributed by atoms with Gasteiger partial charge in [0, 0.05) is 58.0 Å². The summed E-state index contributed by atoms with van der Waals surface area (Å²) in [6, 6.07) is 10.3. The molecule has 0 radical (unpaired) electrons.